The molecule has 0 unspecified atom stereocenters. The summed E-state index contributed by atoms with van der Waals surface area (Å²) in [7, 11) is 0. The number of halogens is 1. The van der Waals surface area contributed by atoms with Gasteiger partial charge in [-0.1, -0.05) is 28.1 Å². The minimum absolute atomic E-state index is 0.106. The number of phenols is 1. The summed E-state index contributed by atoms with van der Waals surface area (Å²) in [6.45, 7) is 0.498. The molecule has 10 heteroatoms. The van der Waals surface area contributed by atoms with E-state index in [-0.39, 0.29) is 22.7 Å². The monoisotopic (exact) mass is 443 g/mol. The molecule has 0 aliphatic carbocycles. The highest BCUT2D eigenvalue weighted by Crippen LogP contribution is 2.21. The summed E-state index contributed by atoms with van der Waals surface area (Å²) in [6.07, 6.45) is 2.80. The van der Waals surface area contributed by atoms with Crippen LogP contribution in [0.3, 0.4) is 0 Å². The second kappa shape index (κ2) is 8.44. The standard InChI is InChI=1S/C18H14BrN5O4/c19-14-3-1-2-12(8-14)11-23-7-6-16(22-23)18(26)21-20-10-13-9-15(24(27)28)4-5-17(13)25/h1-10,25H,11H2,(H,21,26)/b20-10-. The van der Waals surface area contributed by atoms with Crippen molar-refractivity contribution in [3.05, 3.63) is 86.1 Å². The fraction of sp³-hybridized carbons (Fsp3) is 0.0556. The second-order valence-electron chi connectivity index (χ2n) is 5.73. The average Bonchev–Trinajstić information content (AvgIpc) is 3.11. The summed E-state index contributed by atoms with van der Waals surface area (Å²) >= 11 is 3.40. The lowest BCUT2D eigenvalue weighted by Crippen LogP contribution is -2.18. The molecule has 0 radical (unpaired) electrons. The number of benzene rings is 2. The van der Waals surface area contributed by atoms with Gasteiger partial charge in [0.05, 0.1) is 17.7 Å². The first-order valence-corrected chi connectivity index (χ1v) is 8.80. The number of rotatable bonds is 6. The van der Waals surface area contributed by atoms with Gasteiger partial charge in [0.2, 0.25) is 0 Å². The van der Waals surface area contributed by atoms with E-state index in [2.05, 4.69) is 31.6 Å². The Kier molecular flexibility index (Phi) is 5.80. The van der Waals surface area contributed by atoms with Crippen LogP contribution in [0, 0.1) is 10.1 Å². The zero-order valence-corrected chi connectivity index (χ0v) is 15.9. The lowest BCUT2D eigenvalue weighted by atomic mass is 10.2. The van der Waals surface area contributed by atoms with Gasteiger partial charge in [0, 0.05) is 28.4 Å². The van der Waals surface area contributed by atoms with E-state index >= 15 is 0 Å². The molecule has 9 nitrogen and oxygen atoms in total. The maximum Gasteiger partial charge on any atom is 0.291 e. The molecule has 0 aliphatic rings. The van der Waals surface area contributed by atoms with Crippen LogP contribution in [0.2, 0.25) is 0 Å². The number of carbonyl (C=O) groups is 1. The van der Waals surface area contributed by atoms with Gasteiger partial charge in [0.25, 0.3) is 11.6 Å². The predicted octanol–water partition coefficient (Wildman–Crippen LogP) is 3.07. The number of hydrazone groups is 1. The van der Waals surface area contributed by atoms with Crippen molar-refractivity contribution in [2.45, 2.75) is 6.54 Å². The van der Waals surface area contributed by atoms with Crippen molar-refractivity contribution in [3.63, 3.8) is 0 Å². The number of carbonyl (C=O) groups excluding carboxylic acids is 1. The molecule has 3 rings (SSSR count). The molecule has 0 aliphatic heterocycles. The minimum Gasteiger partial charge on any atom is -0.507 e. The normalized spacial score (nSPS) is 10.9. The molecular weight excluding hydrogens is 430 g/mol. The molecule has 142 valence electrons. The van der Waals surface area contributed by atoms with Crippen molar-refractivity contribution in [1.82, 2.24) is 15.2 Å². The number of non-ortho nitro benzene ring substituents is 1. The second-order valence-corrected chi connectivity index (χ2v) is 6.64. The number of hydrogen-bond acceptors (Lipinski definition) is 6. The number of nitro benzene ring substituents is 1. The molecule has 0 atom stereocenters. The lowest BCUT2D eigenvalue weighted by molar-refractivity contribution is -0.384. The summed E-state index contributed by atoms with van der Waals surface area (Å²) in [4.78, 5) is 22.3. The molecule has 1 amide bonds. The maximum absolute atomic E-state index is 12.1. The number of aromatic nitrogens is 2. The highest BCUT2D eigenvalue weighted by Gasteiger charge is 2.11. The van der Waals surface area contributed by atoms with Crippen molar-refractivity contribution in [2.24, 2.45) is 5.10 Å². The topological polar surface area (TPSA) is 123 Å². The van der Waals surface area contributed by atoms with E-state index in [1.54, 1.807) is 16.9 Å². The van der Waals surface area contributed by atoms with E-state index in [0.717, 1.165) is 22.3 Å². The Morgan fingerprint density at radius 3 is 2.89 bits per heavy atom. The lowest BCUT2D eigenvalue weighted by Gasteiger charge is -2.02. The zero-order chi connectivity index (χ0) is 20.1. The van der Waals surface area contributed by atoms with Gasteiger partial charge in [0.1, 0.15) is 5.75 Å². The Morgan fingerprint density at radius 2 is 2.14 bits per heavy atom. The molecule has 0 saturated heterocycles. The van der Waals surface area contributed by atoms with Gasteiger partial charge >= 0.3 is 0 Å². The SMILES string of the molecule is O=C(N/N=C\c1cc([N+](=O)[O-])ccc1O)c1ccn(Cc2cccc(Br)c2)n1. The van der Waals surface area contributed by atoms with Crippen LogP contribution in [0.5, 0.6) is 5.75 Å². The van der Waals surface area contributed by atoms with E-state index in [4.69, 9.17) is 0 Å². The summed E-state index contributed by atoms with van der Waals surface area (Å²) < 4.78 is 2.57. The molecule has 0 spiro atoms. The summed E-state index contributed by atoms with van der Waals surface area (Å²) in [5.41, 5.74) is 3.36. The third kappa shape index (κ3) is 4.80. The van der Waals surface area contributed by atoms with Crippen LogP contribution in [-0.2, 0) is 6.54 Å². The third-order valence-electron chi connectivity index (χ3n) is 3.70. The molecule has 1 heterocycles. The van der Waals surface area contributed by atoms with E-state index in [1.165, 1.54) is 12.1 Å². The smallest absolute Gasteiger partial charge is 0.291 e. The number of amides is 1. The molecule has 0 saturated carbocycles. The van der Waals surface area contributed by atoms with Crippen molar-refractivity contribution in [2.75, 3.05) is 0 Å². The first kappa shape index (κ1) is 19.2. The van der Waals surface area contributed by atoms with E-state index in [9.17, 15) is 20.0 Å². The summed E-state index contributed by atoms with van der Waals surface area (Å²) in [5, 5.41) is 28.4. The molecule has 3 aromatic rings. The number of aromatic hydroxyl groups is 1. The number of phenolic OH excluding ortho intramolecular Hbond substituents is 1. The van der Waals surface area contributed by atoms with Crippen molar-refractivity contribution in [1.29, 1.82) is 0 Å². The summed E-state index contributed by atoms with van der Waals surface area (Å²) in [5.74, 6) is -0.740. The van der Waals surface area contributed by atoms with Crippen LogP contribution in [0.25, 0.3) is 0 Å². The van der Waals surface area contributed by atoms with Gasteiger partial charge in [-0.05, 0) is 29.8 Å². The molecule has 0 fully saturated rings. The van der Waals surface area contributed by atoms with Gasteiger partial charge in [0.15, 0.2) is 5.69 Å². The zero-order valence-electron chi connectivity index (χ0n) is 14.3. The van der Waals surface area contributed by atoms with Crippen LogP contribution in [0.15, 0.2) is 64.3 Å². The highest BCUT2D eigenvalue weighted by atomic mass is 79.9. The molecular formula is C18H14BrN5O4. The Labute approximate surface area is 167 Å². The van der Waals surface area contributed by atoms with E-state index in [0.29, 0.717) is 6.54 Å². The molecule has 0 bridgehead atoms. The van der Waals surface area contributed by atoms with Gasteiger partial charge in [-0.15, -0.1) is 0 Å². The highest BCUT2D eigenvalue weighted by molar-refractivity contribution is 9.10. The molecule has 2 N–H and O–H groups in total. The molecule has 1 aromatic heterocycles. The van der Waals surface area contributed by atoms with Crippen LogP contribution in [0.4, 0.5) is 5.69 Å². The number of hydrogen-bond donors (Lipinski definition) is 2. The van der Waals surface area contributed by atoms with Crippen molar-refractivity contribution < 1.29 is 14.8 Å². The first-order chi connectivity index (χ1) is 13.4. The van der Waals surface area contributed by atoms with E-state index in [1.807, 2.05) is 24.3 Å². The van der Waals surface area contributed by atoms with Gasteiger partial charge < -0.3 is 5.11 Å². The van der Waals surface area contributed by atoms with Crippen LogP contribution in [0.1, 0.15) is 21.6 Å². The van der Waals surface area contributed by atoms with E-state index < -0.39 is 10.8 Å². The van der Waals surface area contributed by atoms with Crippen molar-refractivity contribution in [3.8, 4) is 5.75 Å². The fourth-order valence-electron chi connectivity index (χ4n) is 2.37. The third-order valence-corrected chi connectivity index (χ3v) is 4.19. The maximum atomic E-state index is 12.1. The van der Waals surface area contributed by atoms with Gasteiger partial charge in [-0.3, -0.25) is 19.6 Å². The Bertz CT molecular complexity index is 1060. The van der Waals surface area contributed by atoms with Gasteiger partial charge in [-0.2, -0.15) is 10.2 Å². The minimum atomic E-state index is -0.590. The van der Waals surface area contributed by atoms with Crippen LogP contribution >= 0.6 is 15.9 Å². The number of nitro groups is 1. The number of nitrogens with one attached hydrogen (secondary N) is 1. The Hall–Kier alpha value is -3.53. The van der Waals surface area contributed by atoms with Gasteiger partial charge in [-0.25, -0.2) is 5.43 Å². The number of nitrogens with zero attached hydrogens (tertiary/aromatic N) is 4. The fourth-order valence-corrected chi connectivity index (χ4v) is 2.82. The van der Waals surface area contributed by atoms with Crippen molar-refractivity contribution >= 4 is 33.7 Å². The molecule has 28 heavy (non-hydrogen) atoms. The first-order valence-electron chi connectivity index (χ1n) is 8.01. The quantitative estimate of drug-likeness (QED) is 0.344. The Balaban J connectivity index is 1.64. The predicted molar refractivity (Wildman–Crippen MR) is 105 cm³/mol. The molecule has 2 aromatic carbocycles. The van der Waals surface area contributed by atoms with Crippen LogP contribution in [-0.4, -0.2) is 31.9 Å². The Morgan fingerprint density at radius 1 is 1.32 bits per heavy atom. The summed E-state index contributed by atoms with van der Waals surface area (Å²) in [6, 6.07) is 12.8. The van der Waals surface area contributed by atoms with Crippen LogP contribution < -0.4 is 5.43 Å². The largest absolute Gasteiger partial charge is 0.507 e. The average molecular weight is 444 g/mol.